The van der Waals surface area contributed by atoms with Crippen molar-refractivity contribution in [2.45, 2.75) is 32.7 Å². The van der Waals surface area contributed by atoms with Crippen LogP contribution in [0.4, 0.5) is 0 Å². The Morgan fingerprint density at radius 1 is 1.78 bits per heavy atom. The van der Waals surface area contributed by atoms with Crippen molar-refractivity contribution in [3.05, 3.63) is 0 Å². The average molecular weight is 127 g/mol. The van der Waals surface area contributed by atoms with Crippen molar-refractivity contribution in [1.82, 2.24) is 5.32 Å². The molecule has 2 nitrogen and oxygen atoms in total. The first-order chi connectivity index (χ1) is 4.24. The number of rotatable bonds is 1. The lowest BCUT2D eigenvalue weighted by Gasteiger charge is -2.10. The van der Waals surface area contributed by atoms with Crippen molar-refractivity contribution < 1.29 is 4.79 Å². The van der Waals surface area contributed by atoms with Gasteiger partial charge >= 0.3 is 0 Å². The SMILES string of the molecule is CCC1NC(=O)CC1C. The molecule has 2 atom stereocenters. The zero-order valence-electron chi connectivity index (χ0n) is 5.98. The van der Waals surface area contributed by atoms with Gasteiger partial charge in [-0.1, -0.05) is 13.8 Å². The summed E-state index contributed by atoms with van der Waals surface area (Å²) in [5, 5.41) is 2.91. The first-order valence-electron chi connectivity index (χ1n) is 3.53. The van der Waals surface area contributed by atoms with Crippen LogP contribution in [-0.2, 0) is 4.79 Å². The number of nitrogens with one attached hydrogen (secondary N) is 1. The minimum absolute atomic E-state index is 0.217. The Morgan fingerprint density at radius 2 is 2.44 bits per heavy atom. The lowest BCUT2D eigenvalue weighted by Crippen LogP contribution is -2.26. The maximum absolute atomic E-state index is 10.7. The standard InChI is InChI=1S/C7H13NO/c1-3-6-5(2)4-7(9)8-6/h5-6H,3-4H2,1-2H3,(H,8,9). The molecule has 0 aromatic carbocycles. The summed E-state index contributed by atoms with van der Waals surface area (Å²) < 4.78 is 0. The third kappa shape index (κ3) is 1.23. The van der Waals surface area contributed by atoms with E-state index in [1.807, 2.05) is 0 Å². The van der Waals surface area contributed by atoms with E-state index in [1.54, 1.807) is 0 Å². The van der Waals surface area contributed by atoms with E-state index in [0.29, 0.717) is 12.0 Å². The second-order valence-corrected chi connectivity index (χ2v) is 2.76. The van der Waals surface area contributed by atoms with Gasteiger partial charge in [0.15, 0.2) is 0 Å². The molecule has 0 aliphatic carbocycles. The van der Waals surface area contributed by atoms with Crippen molar-refractivity contribution in [3.63, 3.8) is 0 Å². The van der Waals surface area contributed by atoms with Gasteiger partial charge in [0, 0.05) is 12.5 Å². The first kappa shape index (κ1) is 6.59. The molecule has 0 saturated carbocycles. The van der Waals surface area contributed by atoms with E-state index < -0.39 is 0 Å². The zero-order chi connectivity index (χ0) is 6.85. The van der Waals surface area contributed by atoms with Crippen LogP contribution in [0.3, 0.4) is 0 Å². The normalized spacial score (nSPS) is 34.7. The minimum Gasteiger partial charge on any atom is -0.353 e. The molecule has 0 radical (unpaired) electrons. The molecule has 2 unspecified atom stereocenters. The molecule has 2 heteroatoms. The summed E-state index contributed by atoms with van der Waals surface area (Å²) in [6.45, 7) is 4.22. The molecule has 0 spiro atoms. The van der Waals surface area contributed by atoms with Gasteiger partial charge in [0.05, 0.1) is 0 Å². The van der Waals surface area contributed by atoms with Crippen molar-refractivity contribution >= 4 is 5.91 Å². The van der Waals surface area contributed by atoms with Crippen LogP contribution in [0.5, 0.6) is 0 Å². The van der Waals surface area contributed by atoms with Gasteiger partial charge in [0.25, 0.3) is 0 Å². The van der Waals surface area contributed by atoms with Gasteiger partial charge in [0.2, 0.25) is 5.91 Å². The molecular formula is C7H13NO. The molecule has 0 bridgehead atoms. The fourth-order valence-electron chi connectivity index (χ4n) is 1.35. The summed E-state index contributed by atoms with van der Waals surface area (Å²) in [6.07, 6.45) is 1.78. The quantitative estimate of drug-likeness (QED) is 0.557. The van der Waals surface area contributed by atoms with Crippen LogP contribution in [0.1, 0.15) is 26.7 Å². The van der Waals surface area contributed by atoms with Crippen LogP contribution in [-0.4, -0.2) is 11.9 Å². The molecule has 1 amide bonds. The minimum atomic E-state index is 0.217. The van der Waals surface area contributed by atoms with Crippen LogP contribution < -0.4 is 5.32 Å². The molecule has 52 valence electrons. The monoisotopic (exact) mass is 127 g/mol. The summed E-state index contributed by atoms with van der Waals surface area (Å²) in [7, 11) is 0. The van der Waals surface area contributed by atoms with Crippen molar-refractivity contribution in [2.24, 2.45) is 5.92 Å². The van der Waals surface area contributed by atoms with E-state index in [4.69, 9.17) is 0 Å². The molecular weight excluding hydrogens is 114 g/mol. The predicted octanol–water partition coefficient (Wildman–Crippen LogP) is 0.921. The number of carbonyl (C=O) groups is 1. The smallest absolute Gasteiger partial charge is 0.220 e. The van der Waals surface area contributed by atoms with Crippen molar-refractivity contribution in [3.8, 4) is 0 Å². The first-order valence-corrected chi connectivity index (χ1v) is 3.53. The third-order valence-electron chi connectivity index (χ3n) is 1.98. The molecule has 1 saturated heterocycles. The molecule has 0 aromatic rings. The predicted molar refractivity (Wildman–Crippen MR) is 36.0 cm³/mol. The highest BCUT2D eigenvalue weighted by atomic mass is 16.1. The molecule has 1 aliphatic heterocycles. The summed E-state index contributed by atoms with van der Waals surface area (Å²) in [5.41, 5.74) is 0. The number of hydrogen-bond acceptors (Lipinski definition) is 1. The lowest BCUT2D eigenvalue weighted by atomic mass is 10.0. The van der Waals surface area contributed by atoms with Crippen LogP contribution >= 0.6 is 0 Å². The van der Waals surface area contributed by atoms with E-state index in [9.17, 15) is 4.79 Å². The van der Waals surface area contributed by atoms with Gasteiger partial charge < -0.3 is 5.32 Å². The summed E-state index contributed by atoms with van der Waals surface area (Å²) in [6, 6.07) is 0.442. The summed E-state index contributed by atoms with van der Waals surface area (Å²) in [4.78, 5) is 10.7. The number of hydrogen-bond donors (Lipinski definition) is 1. The van der Waals surface area contributed by atoms with Gasteiger partial charge in [-0.15, -0.1) is 0 Å². The Kier molecular flexibility index (Phi) is 1.74. The van der Waals surface area contributed by atoms with E-state index in [0.717, 1.165) is 12.8 Å². The maximum Gasteiger partial charge on any atom is 0.220 e. The topological polar surface area (TPSA) is 29.1 Å². The van der Waals surface area contributed by atoms with E-state index in [-0.39, 0.29) is 5.91 Å². The van der Waals surface area contributed by atoms with Crippen LogP contribution in [0.15, 0.2) is 0 Å². The Hall–Kier alpha value is -0.530. The molecule has 0 aromatic heterocycles. The fraction of sp³-hybridized carbons (Fsp3) is 0.857. The van der Waals surface area contributed by atoms with Gasteiger partial charge in [-0.05, 0) is 12.3 Å². The number of amides is 1. The molecule has 1 heterocycles. The second kappa shape index (κ2) is 2.38. The van der Waals surface area contributed by atoms with Crippen molar-refractivity contribution in [1.29, 1.82) is 0 Å². The molecule has 1 aliphatic rings. The third-order valence-corrected chi connectivity index (χ3v) is 1.98. The number of carbonyl (C=O) groups excluding carboxylic acids is 1. The molecule has 1 fully saturated rings. The van der Waals surface area contributed by atoms with Gasteiger partial charge in [0.1, 0.15) is 0 Å². The molecule has 1 rings (SSSR count). The van der Waals surface area contributed by atoms with E-state index >= 15 is 0 Å². The summed E-state index contributed by atoms with van der Waals surface area (Å²) >= 11 is 0. The van der Waals surface area contributed by atoms with Gasteiger partial charge in [-0.2, -0.15) is 0 Å². The van der Waals surface area contributed by atoms with Gasteiger partial charge in [-0.3, -0.25) is 4.79 Å². The zero-order valence-corrected chi connectivity index (χ0v) is 5.98. The van der Waals surface area contributed by atoms with Crippen LogP contribution in [0.2, 0.25) is 0 Å². The molecule has 1 N–H and O–H groups in total. The van der Waals surface area contributed by atoms with E-state index in [2.05, 4.69) is 19.2 Å². The van der Waals surface area contributed by atoms with Gasteiger partial charge in [-0.25, -0.2) is 0 Å². The molecule has 9 heavy (non-hydrogen) atoms. The second-order valence-electron chi connectivity index (χ2n) is 2.76. The maximum atomic E-state index is 10.7. The Morgan fingerprint density at radius 3 is 2.67 bits per heavy atom. The average Bonchev–Trinajstić information content (AvgIpc) is 2.10. The Bertz CT molecular complexity index is 122. The Balaban J connectivity index is 2.47. The van der Waals surface area contributed by atoms with Crippen LogP contribution in [0, 0.1) is 5.92 Å². The largest absolute Gasteiger partial charge is 0.353 e. The Labute approximate surface area is 55.6 Å². The van der Waals surface area contributed by atoms with E-state index in [1.165, 1.54) is 0 Å². The van der Waals surface area contributed by atoms with Crippen molar-refractivity contribution in [2.75, 3.05) is 0 Å². The lowest BCUT2D eigenvalue weighted by molar-refractivity contribution is -0.119. The van der Waals surface area contributed by atoms with Crippen LogP contribution in [0.25, 0.3) is 0 Å². The fourth-order valence-corrected chi connectivity index (χ4v) is 1.35. The summed E-state index contributed by atoms with van der Waals surface area (Å²) in [5.74, 6) is 0.761. The highest BCUT2D eigenvalue weighted by Gasteiger charge is 2.26. The highest BCUT2D eigenvalue weighted by molar-refractivity contribution is 5.78. The highest BCUT2D eigenvalue weighted by Crippen LogP contribution is 2.17.